The van der Waals surface area contributed by atoms with Crippen LogP contribution in [-0.2, 0) is 11.3 Å². The molecule has 1 heterocycles. The normalized spacial score (nSPS) is 20.7. The summed E-state index contributed by atoms with van der Waals surface area (Å²) in [5.74, 6) is -0.204. The quantitative estimate of drug-likeness (QED) is 0.747. The van der Waals surface area contributed by atoms with Gasteiger partial charge in [-0.3, -0.25) is 9.69 Å². The summed E-state index contributed by atoms with van der Waals surface area (Å²) in [4.78, 5) is 27.8. The molecule has 1 atom stereocenters. The molecule has 0 saturated carbocycles. The van der Waals surface area contributed by atoms with Gasteiger partial charge in [0.15, 0.2) is 0 Å². The predicted octanol–water partition coefficient (Wildman–Crippen LogP) is 3.62. The van der Waals surface area contributed by atoms with Crippen LogP contribution in [0.25, 0.3) is 0 Å². The topological polar surface area (TPSA) is 52.7 Å². The Morgan fingerprint density at radius 1 is 1.36 bits per heavy atom. The second kappa shape index (κ2) is 7.70. The molecule has 1 aliphatic heterocycles. The molecular formula is C18H25ClFN3O2. The predicted molar refractivity (Wildman–Crippen MR) is 95.6 cm³/mol. The molecule has 0 radical (unpaired) electrons. The van der Waals surface area contributed by atoms with Crippen LogP contribution in [0.5, 0.6) is 0 Å². The van der Waals surface area contributed by atoms with Gasteiger partial charge < -0.3 is 5.32 Å². The zero-order valence-corrected chi connectivity index (χ0v) is 15.9. The lowest BCUT2D eigenvalue weighted by molar-refractivity contribution is -0.132. The van der Waals surface area contributed by atoms with Crippen LogP contribution in [0.1, 0.15) is 39.2 Å². The van der Waals surface area contributed by atoms with E-state index < -0.39 is 17.4 Å². The molecule has 138 valence electrons. The molecule has 1 aliphatic rings. The number of hydrogen-bond acceptors (Lipinski definition) is 3. The van der Waals surface area contributed by atoms with Crippen molar-refractivity contribution < 1.29 is 14.0 Å². The second-order valence-corrected chi connectivity index (χ2v) is 7.69. The molecule has 1 saturated heterocycles. The highest BCUT2D eigenvalue weighted by molar-refractivity contribution is 6.31. The van der Waals surface area contributed by atoms with E-state index in [9.17, 15) is 14.0 Å². The lowest BCUT2D eigenvalue weighted by Gasteiger charge is -2.25. The average molecular weight is 370 g/mol. The molecule has 0 spiro atoms. The summed E-state index contributed by atoms with van der Waals surface area (Å²) in [6, 6.07) is 4.08. The molecule has 5 nitrogen and oxygen atoms in total. The van der Waals surface area contributed by atoms with Crippen molar-refractivity contribution in [2.45, 2.75) is 45.7 Å². The summed E-state index contributed by atoms with van der Waals surface area (Å²) in [5.41, 5.74) is -0.529. The van der Waals surface area contributed by atoms with Crippen LogP contribution < -0.4 is 5.32 Å². The number of imide groups is 1. The Morgan fingerprint density at radius 3 is 2.64 bits per heavy atom. The van der Waals surface area contributed by atoms with Crippen molar-refractivity contribution in [3.63, 3.8) is 0 Å². The molecule has 25 heavy (non-hydrogen) atoms. The molecule has 0 unspecified atom stereocenters. The van der Waals surface area contributed by atoms with Crippen molar-refractivity contribution in [1.29, 1.82) is 0 Å². The fraction of sp³-hybridized carbons (Fsp3) is 0.556. The van der Waals surface area contributed by atoms with Gasteiger partial charge in [0.2, 0.25) is 0 Å². The Hall–Kier alpha value is -1.66. The largest absolute Gasteiger partial charge is 0.326 e. The van der Waals surface area contributed by atoms with Gasteiger partial charge in [-0.15, -0.1) is 0 Å². The SMILES string of the molecule is CC(C)CC[C@@]1(C)NC(=O)N(CN(C)Cc2c(F)cccc2Cl)C1=O. The zero-order chi connectivity index (χ0) is 18.8. The van der Waals surface area contributed by atoms with Gasteiger partial charge in [0.1, 0.15) is 11.4 Å². The highest BCUT2D eigenvalue weighted by Crippen LogP contribution is 2.25. The molecule has 7 heteroatoms. The van der Waals surface area contributed by atoms with Crippen LogP contribution in [0.3, 0.4) is 0 Å². The van der Waals surface area contributed by atoms with Gasteiger partial charge in [-0.2, -0.15) is 0 Å². The van der Waals surface area contributed by atoms with Gasteiger partial charge in [-0.05, 0) is 44.9 Å². The summed E-state index contributed by atoms with van der Waals surface area (Å²) < 4.78 is 13.9. The first-order valence-electron chi connectivity index (χ1n) is 8.39. The summed E-state index contributed by atoms with van der Waals surface area (Å²) in [7, 11) is 1.72. The zero-order valence-electron chi connectivity index (χ0n) is 15.1. The molecule has 2 rings (SSSR count). The summed E-state index contributed by atoms with van der Waals surface area (Å²) in [6.07, 6.45) is 1.44. The Bertz CT molecular complexity index is 647. The smallest absolute Gasteiger partial charge is 0.323 e. The van der Waals surface area contributed by atoms with Gasteiger partial charge in [-0.25, -0.2) is 14.1 Å². The van der Waals surface area contributed by atoms with Crippen LogP contribution >= 0.6 is 11.6 Å². The molecule has 1 aromatic rings. The first-order valence-corrected chi connectivity index (χ1v) is 8.77. The Labute approximate surface area is 153 Å². The van der Waals surface area contributed by atoms with Crippen molar-refractivity contribution in [3.8, 4) is 0 Å². The Kier molecular flexibility index (Phi) is 6.06. The minimum atomic E-state index is -0.877. The molecule has 0 aliphatic carbocycles. The third-order valence-corrected chi connectivity index (χ3v) is 4.79. The number of carbonyl (C=O) groups excluding carboxylic acids is 2. The van der Waals surface area contributed by atoms with Crippen molar-refractivity contribution in [2.24, 2.45) is 5.92 Å². The monoisotopic (exact) mass is 369 g/mol. The van der Waals surface area contributed by atoms with Crippen molar-refractivity contribution in [2.75, 3.05) is 13.7 Å². The number of nitrogens with zero attached hydrogens (tertiary/aromatic N) is 2. The molecule has 1 N–H and O–H groups in total. The van der Waals surface area contributed by atoms with Crippen LogP contribution in [0.4, 0.5) is 9.18 Å². The van der Waals surface area contributed by atoms with Gasteiger partial charge in [0, 0.05) is 17.1 Å². The van der Waals surface area contributed by atoms with Crippen LogP contribution in [0.2, 0.25) is 5.02 Å². The summed E-state index contributed by atoms with van der Waals surface area (Å²) >= 11 is 6.04. The highest BCUT2D eigenvalue weighted by Gasteiger charge is 2.47. The van der Waals surface area contributed by atoms with E-state index >= 15 is 0 Å². The maximum atomic E-state index is 13.9. The first-order chi connectivity index (χ1) is 11.6. The Balaban J connectivity index is 2.04. The van der Waals surface area contributed by atoms with Crippen molar-refractivity contribution in [3.05, 3.63) is 34.6 Å². The lowest BCUT2D eigenvalue weighted by atomic mass is 9.92. The summed E-state index contributed by atoms with van der Waals surface area (Å²) in [5, 5.41) is 3.11. The molecule has 1 aromatic carbocycles. The number of hydrogen-bond donors (Lipinski definition) is 1. The van der Waals surface area contributed by atoms with E-state index in [4.69, 9.17) is 11.6 Å². The van der Waals surface area contributed by atoms with E-state index in [1.807, 2.05) is 0 Å². The number of rotatable bonds is 7. The highest BCUT2D eigenvalue weighted by atomic mass is 35.5. The van der Waals surface area contributed by atoms with Gasteiger partial charge >= 0.3 is 6.03 Å². The van der Waals surface area contributed by atoms with Gasteiger partial charge in [0.05, 0.1) is 6.67 Å². The third kappa shape index (κ3) is 4.50. The first kappa shape index (κ1) is 19.7. The molecule has 1 fully saturated rings. The number of nitrogens with one attached hydrogen (secondary N) is 1. The van der Waals surface area contributed by atoms with Crippen LogP contribution in [-0.4, -0.2) is 41.0 Å². The van der Waals surface area contributed by atoms with E-state index in [2.05, 4.69) is 19.2 Å². The summed E-state index contributed by atoms with van der Waals surface area (Å²) in [6.45, 7) is 6.18. The fourth-order valence-corrected chi connectivity index (χ4v) is 3.09. The molecule has 3 amide bonds. The lowest BCUT2D eigenvalue weighted by Crippen LogP contribution is -2.45. The second-order valence-electron chi connectivity index (χ2n) is 7.28. The minimum absolute atomic E-state index is 0.0760. The van der Waals surface area contributed by atoms with Crippen LogP contribution in [0.15, 0.2) is 18.2 Å². The van der Waals surface area contributed by atoms with E-state index in [0.29, 0.717) is 22.9 Å². The minimum Gasteiger partial charge on any atom is -0.323 e. The number of benzene rings is 1. The standard InChI is InChI=1S/C18H25ClFN3O2/c1-12(2)8-9-18(3)16(24)23(17(25)21-18)11-22(4)10-13-14(19)6-5-7-15(13)20/h5-7,12H,8-11H2,1-4H3,(H,21,25)/t18-/m1/s1. The van der Waals surface area contributed by atoms with E-state index in [1.165, 1.54) is 11.0 Å². The van der Waals surface area contributed by atoms with Gasteiger partial charge in [-0.1, -0.05) is 31.5 Å². The van der Waals surface area contributed by atoms with E-state index in [0.717, 1.165) is 6.42 Å². The van der Waals surface area contributed by atoms with Crippen LogP contribution in [0, 0.1) is 11.7 Å². The maximum absolute atomic E-state index is 13.9. The average Bonchev–Trinajstić information content (AvgIpc) is 2.73. The molecule has 0 aromatic heterocycles. The molecule has 0 bridgehead atoms. The maximum Gasteiger partial charge on any atom is 0.326 e. The van der Waals surface area contributed by atoms with Gasteiger partial charge in [0.25, 0.3) is 5.91 Å². The molecular weight excluding hydrogens is 345 g/mol. The number of carbonyl (C=O) groups is 2. The number of urea groups is 1. The van der Waals surface area contributed by atoms with E-state index in [1.54, 1.807) is 31.0 Å². The number of halogens is 2. The Morgan fingerprint density at radius 2 is 2.04 bits per heavy atom. The van der Waals surface area contributed by atoms with Crippen molar-refractivity contribution in [1.82, 2.24) is 15.1 Å². The van der Waals surface area contributed by atoms with Crippen molar-refractivity contribution >= 4 is 23.5 Å². The van der Waals surface area contributed by atoms with E-state index in [-0.39, 0.29) is 19.1 Å². The number of amides is 3. The third-order valence-electron chi connectivity index (χ3n) is 4.44. The fourth-order valence-electron chi connectivity index (χ4n) is 2.87.